The summed E-state index contributed by atoms with van der Waals surface area (Å²) < 4.78 is 10.3. The van der Waals surface area contributed by atoms with Gasteiger partial charge in [-0.15, -0.1) is 11.8 Å². The van der Waals surface area contributed by atoms with Gasteiger partial charge in [0.15, 0.2) is 0 Å². The smallest absolute Gasteiger partial charge is 0.353 e. The number of hydrogen-bond donors (Lipinski definition) is 1. The lowest BCUT2D eigenvalue weighted by molar-refractivity contribution is -0.142. The number of carbonyl (C=O) groups is 3. The minimum atomic E-state index is -1.12. The number of nitrogens with zero attached hydrogens (tertiary/aromatic N) is 1. The Morgan fingerprint density at radius 1 is 1.50 bits per heavy atom. The van der Waals surface area contributed by atoms with Crippen molar-refractivity contribution < 1.29 is 28.6 Å². The molecule has 22 heavy (non-hydrogen) atoms. The highest BCUT2D eigenvalue weighted by atomic mass is 32.2. The fraction of sp³-hybridized carbons (Fsp3) is 0.214. The highest BCUT2D eigenvalue weighted by Gasteiger charge is 2.49. The second-order valence-corrected chi connectivity index (χ2v) is 5.61. The van der Waals surface area contributed by atoms with Crippen molar-refractivity contribution in [2.45, 2.75) is 18.9 Å². The molecule has 3 rings (SSSR count). The Morgan fingerprint density at radius 2 is 2.27 bits per heavy atom. The number of ether oxygens (including phenoxy) is 1. The Bertz CT molecular complexity index is 731. The van der Waals surface area contributed by atoms with Crippen molar-refractivity contribution in [3.8, 4) is 0 Å². The van der Waals surface area contributed by atoms with Crippen LogP contribution >= 0.6 is 11.8 Å². The maximum absolute atomic E-state index is 12.0. The van der Waals surface area contributed by atoms with Gasteiger partial charge in [0.2, 0.25) is 0 Å². The van der Waals surface area contributed by atoms with Gasteiger partial charge in [-0.05, 0) is 18.2 Å². The van der Waals surface area contributed by atoms with E-state index in [-0.39, 0.29) is 23.6 Å². The van der Waals surface area contributed by atoms with Gasteiger partial charge in [0.1, 0.15) is 29.2 Å². The number of carboxylic acid groups (broad SMARTS) is 1. The lowest BCUT2D eigenvalue weighted by Crippen LogP contribution is -2.51. The molecule has 1 atom stereocenters. The molecular weight excluding hydrogens is 310 g/mol. The van der Waals surface area contributed by atoms with Crippen LogP contribution in [0.4, 0.5) is 0 Å². The summed E-state index contributed by atoms with van der Waals surface area (Å²) in [6.45, 7) is 1.33. The van der Waals surface area contributed by atoms with Crippen molar-refractivity contribution in [1.82, 2.24) is 4.90 Å². The largest absolute Gasteiger partial charge is 0.477 e. The first-order valence-electron chi connectivity index (χ1n) is 6.33. The molecule has 1 saturated heterocycles. The van der Waals surface area contributed by atoms with E-state index < -0.39 is 11.9 Å². The van der Waals surface area contributed by atoms with Gasteiger partial charge in [-0.3, -0.25) is 14.5 Å². The van der Waals surface area contributed by atoms with Gasteiger partial charge in [-0.2, -0.15) is 0 Å². The van der Waals surface area contributed by atoms with Gasteiger partial charge in [0.05, 0.1) is 5.57 Å². The molecule has 0 unspecified atom stereocenters. The van der Waals surface area contributed by atoms with E-state index in [0.29, 0.717) is 17.1 Å². The molecule has 0 radical (unpaired) electrons. The number of rotatable bonds is 4. The summed E-state index contributed by atoms with van der Waals surface area (Å²) in [5.41, 5.74) is 0.470. The Kier molecular flexibility index (Phi) is 3.53. The van der Waals surface area contributed by atoms with Crippen molar-refractivity contribution in [2.75, 3.05) is 0 Å². The Labute approximate surface area is 129 Å². The van der Waals surface area contributed by atoms with E-state index in [2.05, 4.69) is 0 Å². The third kappa shape index (κ3) is 2.41. The van der Waals surface area contributed by atoms with Crippen molar-refractivity contribution in [1.29, 1.82) is 0 Å². The van der Waals surface area contributed by atoms with Crippen LogP contribution in [0.1, 0.15) is 18.4 Å². The summed E-state index contributed by atoms with van der Waals surface area (Å²) in [6.07, 6.45) is 1.58. The predicted octanol–water partition coefficient (Wildman–Crippen LogP) is 1.57. The SMILES string of the molecule is CC(=O)OCc1ccc(/C=C2/C(=O)N3C(C(=O)O)=CS[C@@H]23)o1. The average molecular weight is 321 g/mol. The molecule has 114 valence electrons. The van der Waals surface area contributed by atoms with Crippen LogP contribution < -0.4 is 0 Å². The molecule has 0 bridgehead atoms. The zero-order chi connectivity index (χ0) is 15.9. The molecule has 3 heterocycles. The number of β-lactam (4-membered cyclic amide) rings is 1. The molecule has 8 heteroatoms. The summed E-state index contributed by atoms with van der Waals surface area (Å²) in [5.74, 6) is -0.954. The number of carbonyl (C=O) groups excluding carboxylic acids is 2. The molecule has 0 saturated carbocycles. The first-order valence-corrected chi connectivity index (χ1v) is 7.28. The summed E-state index contributed by atoms with van der Waals surface area (Å²) in [4.78, 5) is 35.0. The molecule has 2 aliphatic rings. The van der Waals surface area contributed by atoms with Crippen LogP contribution in [0.2, 0.25) is 0 Å². The van der Waals surface area contributed by atoms with E-state index in [9.17, 15) is 14.4 Å². The average Bonchev–Trinajstić information content (AvgIpc) is 3.07. The summed E-state index contributed by atoms with van der Waals surface area (Å²) >= 11 is 1.26. The fourth-order valence-electron chi connectivity index (χ4n) is 2.14. The van der Waals surface area contributed by atoms with Gasteiger partial charge in [0, 0.05) is 12.3 Å². The monoisotopic (exact) mass is 321 g/mol. The van der Waals surface area contributed by atoms with Gasteiger partial charge < -0.3 is 14.3 Å². The van der Waals surface area contributed by atoms with Crippen molar-refractivity contribution >= 4 is 35.7 Å². The number of thioether (sulfide) groups is 1. The lowest BCUT2D eigenvalue weighted by atomic mass is 10.0. The normalized spacial score (nSPS) is 21.4. The minimum absolute atomic E-state index is 0.00728. The number of furan rings is 1. The van der Waals surface area contributed by atoms with E-state index in [1.54, 1.807) is 18.2 Å². The lowest BCUT2D eigenvalue weighted by Gasteiger charge is -2.36. The molecule has 1 aromatic heterocycles. The van der Waals surface area contributed by atoms with Crippen molar-refractivity contribution in [2.24, 2.45) is 0 Å². The highest BCUT2D eigenvalue weighted by molar-refractivity contribution is 8.03. The molecular formula is C14H11NO6S. The molecule has 0 aromatic carbocycles. The highest BCUT2D eigenvalue weighted by Crippen LogP contribution is 2.45. The third-order valence-corrected chi connectivity index (χ3v) is 4.23. The third-order valence-electron chi connectivity index (χ3n) is 3.15. The molecule has 0 spiro atoms. The number of amides is 1. The van der Waals surface area contributed by atoms with Crippen molar-refractivity contribution in [3.05, 3.63) is 40.3 Å². The molecule has 1 aromatic rings. The van der Waals surface area contributed by atoms with Crippen LogP contribution in [-0.2, 0) is 25.7 Å². The van der Waals surface area contributed by atoms with Gasteiger partial charge in [-0.25, -0.2) is 4.79 Å². The van der Waals surface area contributed by atoms with E-state index in [1.165, 1.54) is 29.0 Å². The summed E-state index contributed by atoms with van der Waals surface area (Å²) in [5, 5.41) is 10.1. The Morgan fingerprint density at radius 3 is 2.95 bits per heavy atom. The van der Waals surface area contributed by atoms with Crippen LogP contribution in [0.3, 0.4) is 0 Å². The predicted molar refractivity (Wildman–Crippen MR) is 76.1 cm³/mol. The molecule has 1 amide bonds. The maximum Gasteiger partial charge on any atom is 0.353 e. The number of aliphatic carboxylic acids is 1. The minimum Gasteiger partial charge on any atom is -0.477 e. The quantitative estimate of drug-likeness (QED) is 0.510. The van der Waals surface area contributed by atoms with Crippen molar-refractivity contribution in [3.63, 3.8) is 0 Å². The molecule has 0 aliphatic carbocycles. The topological polar surface area (TPSA) is 97.1 Å². The molecule has 1 fully saturated rings. The maximum atomic E-state index is 12.0. The second kappa shape index (κ2) is 5.38. The first kappa shape index (κ1) is 14.5. The number of hydrogen-bond acceptors (Lipinski definition) is 6. The number of fused-ring (bicyclic) bond motifs is 1. The van der Waals surface area contributed by atoms with Gasteiger partial charge in [-0.1, -0.05) is 0 Å². The zero-order valence-corrected chi connectivity index (χ0v) is 12.3. The number of carboxylic acids is 1. The van der Waals surface area contributed by atoms with Gasteiger partial charge >= 0.3 is 11.9 Å². The van der Waals surface area contributed by atoms with Gasteiger partial charge in [0.25, 0.3) is 5.91 Å². The van der Waals surface area contributed by atoms with Crippen LogP contribution in [0.15, 0.2) is 33.2 Å². The molecule has 1 N–H and O–H groups in total. The van der Waals surface area contributed by atoms with E-state index in [0.717, 1.165) is 0 Å². The standard InChI is InChI=1S/C14H11NO6S/c1-7(16)20-5-9-3-2-8(21-9)4-10-12(17)15-11(14(18)19)6-22-13(10)15/h2-4,6,13H,5H2,1H3,(H,18,19)/b10-4-/t13-/m0/s1. The molecule has 7 nitrogen and oxygen atoms in total. The Hall–Kier alpha value is -2.48. The van der Waals surface area contributed by atoms with E-state index in [4.69, 9.17) is 14.3 Å². The van der Waals surface area contributed by atoms with E-state index in [1.807, 2.05) is 0 Å². The first-order chi connectivity index (χ1) is 10.5. The number of esters is 1. The summed E-state index contributed by atoms with van der Waals surface area (Å²) in [7, 11) is 0. The van der Waals surface area contributed by atoms with Crippen LogP contribution in [0, 0.1) is 0 Å². The van der Waals surface area contributed by atoms with Crippen LogP contribution in [0.5, 0.6) is 0 Å². The van der Waals surface area contributed by atoms with Crippen LogP contribution in [0.25, 0.3) is 6.08 Å². The van der Waals surface area contributed by atoms with E-state index >= 15 is 0 Å². The fourth-order valence-corrected chi connectivity index (χ4v) is 3.26. The zero-order valence-electron chi connectivity index (χ0n) is 11.4. The second-order valence-electron chi connectivity index (χ2n) is 4.66. The molecule has 2 aliphatic heterocycles. The van der Waals surface area contributed by atoms with Crippen LogP contribution in [-0.4, -0.2) is 33.2 Å². The summed E-state index contributed by atoms with van der Waals surface area (Å²) in [6, 6.07) is 3.31. The Balaban J connectivity index is 1.71.